The van der Waals surface area contributed by atoms with Crippen molar-refractivity contribution >= 4 is 0 Å². The summed E-state index contributed by atoms with van der Waals surface area (Å²) in [6.45, 7) is 0. The van der Waals surface area contributed by atoms with Gasteiger partial charge in [0.05, 0.1) is 0 Å². The average Bonchev–Trinajstić information content (AvgIpc) is 2.81. The Morgan fingerprint density at radius 3 is 1.77 bits per heavy atom. The van der Waals surface area contributed by atoms with Gasteiger partial charge in [0.25, 0.3) is 0 Å². The van der Waals surface area contributed by atoms with Crippen molar-refractivity contribution in [3.05, 3.63) is 60.2 Å². The van der Waals surface area contributed by atoms with Gasteiger partial charge in [0.1, 0.15) is 0 Å². The van der Waals surface area contributed by atoms with Crippen molar-refractivity contribution in [2.24, 2.45) is 0 Å². The number of nitriles is 1. The van der Waals surface area contributed by atoms with Crippen molar-refractivity contribution in [3.8, 4) is 6.07 Å². The van der Waals surface area contributed by atoms with Gasteiger partial charge in [0.15, 0.2) is 0 Å². The summed E-state index contributed by atoms with van der Waals surface area (Å²) >= 11 is 0. The molecule has 0 atom stereocenters. The van der Waals surface area contributed by atoms with Crippen LogP contribution in [0.5, 0.6) is 0 Å². The van der Waals surface area contributed by atoms with Crippen LogP contribution in [0.1, 0.15) is 5.56 Å². The van der Waals surface area contributed by atoms with Crippen molar-refractivity contribution < 1.29 is 19.5 Å². The summed E-state index contributed by atoms with van der Waals surface area (Å²) in [5.74, 6) is 0. The molecule has 0 fully saturated rings. The SMILES string of the molecule is N#C[c-]1cccc1.[Ru+2].c1cc[cH-]c1. The molecular formula is C11H9NRu. The Hall–Kier alpha value is -1.19. The number of nitrogens with zero attached hydrogens (tertiary/aromatic N) is 1. The molecular weight excluding hydrogens is 247 g/mol. The molecule has 0 aliphatic heterocycles. The molecule has 0 aromatic heterocycles. The van der Waals surface area contributed by atoms with Crippen LogP contribution < -0.4 is 0 Å². The molecule has 0 radical (unpaired) electrons. The maximum absolute atomic E-state index is 8.18. The zero-order chi connectivity index (χ0) is 8.65. The third-order valence-corrected chi connectivity index (χ3v) is 1.35. The van der Waals surface area contributed by atoms with Crippen LogP contribution >= 0.6 is 0 Å². The molecule has 1 nitrogen and oxygen atoms in total. The van der Waals surface area contributed by atoms with E-state index in [-0.39, 0.29) is 19.5 Å². The first-order valence-corrected chi connectivity index (χ1v) is 3.72. The Morgan fingerprint density at radius 2 is 1.54 bits per heavy atom. The molecule has 2 aromatic rings. The predicted molar refractivity (Wildman–Crippen MR) is 48.8 cm³/mol. The van der Waals surface area contributed by atoms with Crippen molar-refractivity contribution in [1.82, 2.24) is 0 Å². The Morgan fingerprint density at radius 1 is 1.00 bits per heavy atom. The zero-order valence-electron chi connectivity index (χ0n) is 7.00. The molecule has 0 aliphatic rings. The summed E-state index contributed by atoms with van der Waals surface area (Å²) in [7, 11) is 0. The third-order valence-electron chi connectivity index (χ3n) is 1.35. The normalized spacial score (nSPS) is 7.31. The van der Waals surface area contributed by atoms with Gasteiger partial charge in [-0.3, -0.25) is 0 Å². The van der Waals surface area contributed by atoms with Gasteiger partial charge in [-0.2, -0.15) is 30.3 Å². The van der Waals surface area contributed by atoms with Crippen LogP contribution in [0.4, 0.5) is 0 Å². The maximum Gasteiger partial charge on any atom is 2.00 e. The molecule has 0 spiro atoms. The smallest absolute Gasteiger partial charge is 0.214 e. The molecule has 0 heterocycles. The van der Waals surface area contributed by atoms with Gasteiger partial charge < -0.3 is 0 Å². The number of hydrogen-bond acceptors (Lipinski definition) is 1. The van der Waals surface area contributed by atoms with Crippen LogP contribution in [0.2, 0.25) is 0 Å². The minimum atomic E-state index is 0. The molecule has 0 unspecified atom stereocenters. The fraction of sp³-hybridized carbons (Fsp3) is 0. The van der Waals surface area contributed by atoms with Crippen LogP contribution in [0.15, 0.2) is 54.6 Å². The van der Waals surface area contributed by atoms with Crippen LogP contribution in [0.3, 0.4) is 0 Å². The van der Waals surface area contributed by atoms with Gasteiger partial charge in [-0.05, 0) is 0 Å². The standard InChI is InChI=1S/C6H4N.C5H5.Ru/c7-5-6-3-1-2-4-6;1-2-4-5-3-1;/h1-4H;1-5H;/q2*-1;+2. The van der Waals surface area contributed by atoms with Crippen LogP contribution in [-0.2, 0) is 19.5 Å². The summed E-state index contributed by atoms with van der Waals surface area (Å²) in [6, 6.07) is 19.3. The van der Waals surface area contributed by atoms with Gasteiger partial charge in [-0.1, -0.05) is 5.56 Å². The molecule has 0 aliphatic carbocycles. The largest absolute Gasteiger partial charge is 2.00 e. The Balaban J connectivity index is 0.000000215. The van der Waals surface area contributed by atoms with E-state index in [1.54, 1.807) is 12.1 Å². The van der Waals surface area contributed by atoms with E-state index >= 15 is 0 Å². The van der Waals surface area contributed by atoms with Crippen LogP contribution in [0, 0.1) is 11.3 Å². The fourth-order valence-corrected chi connectivity index (χ4v) is 0.769. The maximum atomic E-state index is 8.18. The Bertz CT molecular complexity index is 296. The van der Waals surface area contributed by atoms with Gasteiger partial charge in [0, 0.05) is 6.07 Å². The van der Waals surface area contributed by atoms with Crippen molar-refractivity contribution in [2.75, 3.05) is 0 Å². The van der Waals surface area contributed by atoms with E-state index in [9.17, 15) is 0 Å². The molecule has 0 N–H and O–H groups in total. The summed E-state index contributed by atoms with van der Waals surface area (Å²) in [4.78, 5) is 0. The topological polar surface area (TPSA) is 23.8 Å². The van der Waals surface area contributed by atoms with Crippen LogP contribution in [-0.4, -0.2) is 0 Å². The van der Waals surface area contributed by atoms with Crippen molar-refractivity contribution in [3.63, 3.8) is 0 Å². The molecule has 0 bridgehead atoms. The van der Waals surface area contributed by atoms with E-state index < -0.39 is 0 Å². The second-order valence-corrected chi connectivity index (χ2v) is 2.25. The minimum absolute atomic E-state index is 0. The average molecular weight is 256 g/mol. The second kappa shape index (κ2) is 7.46. The monoisotopic (exact) mass is 257 g/mol. The molecule has 0 saturated heterocycles. The minimum Gasteiger partial charge on any atom is -0.214 e. The quantitative estimate of drug-likeness (QED) is 0.525. The molecule has 2 heteroatoms. The Kier molecular flexibility index (Phi) is 6.78. The summed E-state index contributed by atoms with van der Waals surface area (Å²) < 4.78 is 0. The fourth-order valence-electron chi connectivity index (χ4n) is 0.769. The molecule has 66 valence electrons. The van der Waals surface area contributed by atoms with Crippen molar-refractivity contribution in [2.45, 2.75) is 0 Å². The van der Waals surface area contributed by atoms with Crippen LogP contribution in [0.25, 0.3) is 0 Å². The van der Waals surface area contributed by atoms with E-state index in [1.807, 2.05) is 48.5 Å². The predicted octanol–water partition coefficient (Wildman–Crippen LogP) is 2.68. The first-order valence-electron chi connectivity index (χ1n) is 3.72. The summed E-state index contributed by atoms with van der Waals surface area (Å²) in [6.07, 6.45) is 0. The second-order valence-electron chi connectivity index (χ2n) is 2.25. The van der Waals surface area contributed by atoms with E-state index in [0.717, 1.165) is 5.56 Å². The molecule has 2 aromatic carbocycles. The van der Waals surface area contributed by atoms with E-state index in [0.29, 0.717) is 0 Å². The molecule has 0 saturated carbocycles. The van der Waals surface area contributed by atoms with Gasteiger partial charge in [-0.25, -0.2) is 29.5 Å². The van der Waals surface area contributed by atoms with Gasteiger partial charge in [-0.15, -0.1) is 0 Å². The summed E-state index contributed by atoms with van der Waals surface area (Å²) in [5.41, 5.74) is 0.736. The first-order chi connectivity index (χ1) is 5.93. The van der Waals surface area contributed by atoms with Gasteiger partial charge >= 0.3 is 19.5 Å². The summed E-state index contributed by atoms with van der Waals surface area (Å²) in [5, 5.41) is 8.18. The van der Waals surface area contributed by atoms with E-state index in [4.69, 9.17) is 5.26 Å². The third kappa shape index (κ3) is 5.12. The molecule has 0 amide bonds. The molecule has 2 rings (SSSR count). The Labute approximate surface area is 91.1 Å². The number of hydrogen-bond donors (Lipinski definition) is 0. The van der Waals surface area contributed by atoms with Crippen molar-refractivity contribution in [1.29, 1.82) is 5.26 Å². The number of rotatable bonds is 0. The first kappa shape index (κ1) is 11.8. The zero-order valence-corrected chi connectivity index (χ0v) is 8.74. The van der Waals surface area contributed by atoms with Gasteiger partial charge in [0.2, 0.25) is 0 Å². The molecule has 13 heavy (non-hydrogen) atoms. The van der Waals surface area contributed by atoms with E-state index in [2.05, 4.69) is 0 Å². The van der Waals surface area contributed by atoms with E-state index in [1.165, 1.54) is 0 Å².